The van der Waals surface area contributed by atoms with Crippen molar-refractivity contribution in [1.82, 2.24) is 29.4 Å². The van der Waals surface area contributed by atoms with Crippen molar-refractivity contribution in [2.24, 2.45) is 0 Å². The van der Waals surface area contributed by atoms with E-state index in [0.717, 1.165) is 57.7 Å². The number of likely N-dealkylation sites (tertiary alicyclic amines) is 2. The largest absolute Gasteiger partial charge is 0.415 e. The summed E-state index contributed by atoms with van der Waals surface area (Å²) in [5.41, 5.74) is 2.64. The normalized spacial score (nSPS) is 17.7. The minimum atomic E-state index is -4.73. The first-order valence-corrected chi connectivity index (χ1v) is 37.5. The van der Waals surface area contributed by atoms with E-state index in [0.29, 0.717) is 74.7 Å². The van der Waals surface area contributed by atoms with E-state index in [1.165, 1.54) is 86.5 Å². The number of ether oxygens (including phenoxy) is 2. The van der Waals surface area contributed by atoms with Crippen LogP contribution in [0.25, 0.3) is 0 Å². The number of piperidine rings is 2. The molecule has 4 amide bonds. The van der Waals surface area contributed by atoms with Crippen molar-refractivity contribution in [3.8, 4) is 11.5 Å². The molecule has 104 heavy (non-hydrogen) atoms. The Morgan fingerprint density at radius 1 is 0.462 bits per heavy atom. The summed E-state index contributed by atoms with van der Waals surface area (Å²) >= 11 is 49.8. The number of rotatable bonds is 20. The summed E-state index contributed by atoms with van der Waals surface area (Å²) < 4.78 is 117. The van der Waals surface area contributed by atoms with Gasteiger partial charge in [0.2, 0.25) is 11.8 Å². The van der Waals surface area contributed by atoms with Gasteiger partial charge in [0.1, 0.15) is 24.3 Å². The lowest BCUT2D eigenvalue weighted by Crippen LogP contribution is -2.55. The van der Waals surface area contributed by atoms with Crippen LogP contribution in [-0.4, -0.2) is 155 Å². The van der Waals surface area contributed by atoms with Gasteiger partial charge in [0.25, 0.3) is 0 Å². The maximum atomic E-state index is 13.8. The first kappa shape index (κ1) is 90.8. The predicted octanol–water partition coefficient (Wildman–Crippen LogP) is 19.2. The van der Waals surface area contributed by atoms with Gasteiger partial charge in [-0.2, -0.15) is 53.3 Å². The zero-order valence-electron chi connectivity index (χ0n) is 56.6. The summed E-state index contributed by atoms with van der Waals surface area (Å²) in [6, 6.07) is 34.1. The number of hydrogen-bond donors (Lipinski definition) is 0. The second kappa shape index (κ2) is 38.2. The van der Waals surface area contributed by atoms with Crippen molar-refractivity contribution in [3.63, 3.8) is 0 Å². The van der Waals surface area contributed by atoms with Crippen molar-refractivity contribution < 1.29 is 63.4 Å². The van der Waals surface area contributed by atoms with Crippen molar-refractivity contribution in [2.75, 3.05) is 80.5 Å². The van der Waals surface area contributed by atoms with Gasteiger partial charge in [0, 0.05) is 86.5 Å². The molecule has 4 atom stereocenters. The van der Waals surface area contributed by atoms with Crippen molar-refractivity contribution in [2.45, 2.75) is 109 Å². The van der Waals surface area contributed by atoms with E-state index in [4.69, 9.17) is 102 Å². The van der Waals surface area contributed by atoms with Crippen LogP contribution in [0.3, 0.4) is 0 Å². The summed E-state index contributed by atoms with van der Waals surface area (Å²) in [5, 5.41) is 1.61. The average Bonchev–Trinajstić information content (AvgIpc) is 1.69. The van der Waals surface area contributed by atoms with Gasteiger partial charge in [0.05, 0.1) is 60.8 Å². The highest BCUT2D eigenvalue weighted by atomic mass is 35.5. The number of halogens is 16. The molecule has 4 heterocycles. The zero-order valence-corrected chi connectivity index (χ0v) is 67.9. The van der Waals surface area contributed by atoms with E-state index in [9.17, 15) is 53.9 Å². The minimum absolute atomic E-state index is 0. The Labute approximate surface area is 672 Å². The monoisotopic (exact) mass is 1720 g/mol. The van der Waals surface area contributed by atoms with E-state index >= 15 is 0 Å². The van der Waals surface area contributed by atoms with E-state index in [1.54, 1.807) is 24.3 Å². The third-order valence-corrected chi connectivity index (χ3v) is 26.5. The first-order chi connectivity index (χ1) is 47.1. The molecule has 0 radical (unpaired) electrons. The van der Waals surface area contributed by atoms with Crippen LogP contribution in [0.15, 0.2) is 121 Å². The molecule has 4 aliphatic rings. The number of hydrogen-bond acceptors (Lipinski definition) is 10. The lowest BCUT2D eigenvalue weighted by atomic mass is 9.82. The van der Waals surface area contributed by atoms with Gasteiger partial charge in [-0.05, 0) is 173 Å². The van der Waals surface area contributed by atoms with Crippen LogP contribution in [0.1, 0.15) is 97.6 Å². The molecule has 2 unspecified atom stereocenters. The van der Waals surface area contributed by atoms with Crippen LogP contribution in [0.4, 0.5) is 35.9 Å². The van der Waals surface area contributed by atoms with Gasteiger partial charge in [-0.3, -0.25) is 27.8 Å². The van der Waals surface area contributed by atoms with Crippen LogP contribution in [0, 0.1) is 0 Å². The summed E-state index contributed by atoms with van der Waals surface area (Å²) in [6.07, 6.45) is -10.3. The highest BCUT2D eigenvalue weighted by Gasteiger charge is 2.50. The molecular weight excluding hydrogens is 1650 g/mol. The lowest BCUT2D eigenvalue weighted by molar-refractivity contribution is -0.163. The fourth-order valence-corrected chi connectivity index (χ4v) is 18.9. The van der Waals surface area contributed by atoms with Crippen molar-refractivity contribution in [1.29, 1.82) is 0 Å². The molecule has 6 aromatic rings. The Morgan fingerprint density at radius 2 is 0.769 bits per heavy atom. The zero-order chi connectivity index (χ0) is 72.9. The topological polar surface area (TPSA) is 140 Å². The summed E-state index contributed by atoms with van der Waals surface area (Å²) in [4.78, 5) is 62.4. The van der Waals surface area contributed by atoms with Crippen LogP contribution in [0.5, 0.6) is 11.5 Å². The van der Waals surface area contributed by atoms with Crippen molar-refractivity contribution in [3.05, 3.63) is 195 Å². The number of carbonyl (C=O) groups is 4. The Morgan fingerprint density at radius 3 is 1.08 bits per heavy atom. The van der Waals surface area contributed by atoms with Gasteiger partial charge in [0.15, 0.2) is 0 Å². The smallest absolute Gasteiger partial charge is 0.410 e. The Kier molecular flexibility index (Phi) is 33.4. The quantitative estimate of drug-likeness (QED) is 0.0679. The van der Waals surface area contributed by atoms with Gasteiger partial charge in [-0.15, -0.1) is 24.8 Å². The second-order valence-electron chi connectivity index (χ2n) is 25.6. The van der Waals surface area contributed by atoms with Crippen LogP contribution in [0.2, 0.25) is 40.2 Å². The number of nitrogens with zero attached hydrogens (tertiary/aromatic N) is 6. The maximum Gasteiger partial charge on any atom is 0.415 e. The fourth-order valence-electron chi connectivity index (χ4n) is 13.9. The standard InChI is InChI=1S/2C35H36Cl4F3N3O4S.2ClH.2H2S/c2*1-43(31(46)20-35(40,41)42)22-33(24-8-10-27(36)29(38)18-24,44(2)32(47)49-25-9-11-28(37)30(39)19-25)12-5-15-45-16-13-34(14-17-45)26-7-4-3-6-23(26)21-50(34)48;;;;/h2*3-4,6-11,18-19H,5,12-17,20-22H2,1-2H3;2*1H;2*1H2/t2*33-,50?;;;;/m11..../s1. The van der Waals surface area contributed by atoms with Crippen LogP contribution >= 0.6 is 145 Å². The van der Waals surface area contributed by atoms with Crippen LogP contribution in [-0.2, 0) is 63.3 Å². The lowest BCUT2D eigenvalue weighted by Gasteiger charge is -2.45. The highest BCUT2D eigenvalue weighted by Crippen LogP contribution is 2.49. The number of benzene rings is 6. The number of carbonyl (C=O) groups excluding carboxylic acids is 4. The number of amides is 4. The molecule has 572 valence electrons. The Hall–Kier alpha value is -3.80. The van der Waals surface area contributed by atoms with E-state index in [1.807, 2.05) is 36.4 Å². The predicted molar refractivity (Wildman–Crippen MR) is 418 cm³/mol. The average molecular weight is 1730 g/mol. The number of likely N-dealkylation sites (N-methyl/N-ethyl adjacent to an activating group) is 4. The molecule has 34 heteroatoms. The molecule has 4 aliphatic heterocycles. The molecule has 0 N–H and O–H groups in total. The highest BCUT2D eigenvalue weighted by molar-refractivity contribution is 7.85. The third kappa shape index (κ3) is 21.4. The molecule has 6 aromatic carbocycles. The maximum absolute atomic E-state index is 13.8. The summed E-state index contributed by atoms with van der Waals surface area (Å²) in [6.45, 7) is 3.29. The molecule has 2 fully saturated rings. The summed E-state index contributed by atoms with van der Waals surface area (Å²) in [7, 11) is 3.41. The molecule has 10 rings (SSSR count). The van der Waals surface area contributed by atoms with E-state index in [2.05, 4.69) is 21.9 Å². The number of alkyl halides is 6. The first-order valence-electron chi connectivity index (χ1n) is 31.8. The summed E-state index contributed by atoms with van der Waals surface area (Å²) in [5.74, 6) is -1.05. The van der Waals surface area contributed by atoms with Gasteiger partial charge < -0.3 is 29.1 Å². The SMILES string of the molecule is CN(C[C@](CCCN1CCC2(CC1)c1ccccc1CS2=O)(c1ccc(Cl)c(Cl)c1)N(C)C(=O)Oc1ccc(Cl)c(Cl)c1)C(=O)CC(F)(F)F.CN(C[C@](CCCN1CCC2(CC1)c1ccccc1CS2=O)(c1ccc(Cl)c(Cl)c1)N(C)C(=O)Oc1ccc(Cl)c(Cl)c1)C(=O)CC(F)(F)F.Cl.Cl.S.S. The van der Waals surface area contributed by atoms with Gasteiger partial charge in [-0.1, -0.05) is 153 Å². The molecule has 0 saturated carbocycles. The molecule has 0 aliphatic carbocycles. The third-order valence-electron chi connectivity index (χ3n) is 19.4. The Balaban J connectivity index is 0.000000360. The van der Waals surface area contributed by atoms with E-state index in [-0.39, 0.29) is 139 Å². The molecule has 0 aromatic heterocycles. The molecule has 0 bridgehead atoms. The fraction of sp³-hybridized carbons (Fsp3) is 0.429. The molecular formula is C70H78Cl10F6N6O8S4. The molecule has 2 spiro atoms. The van der Waals surface area contributed by atoms with E-state index < -0.39 is 81.9 Å². The van der Waals surface area contributed by atoms with Gasteiger partial charge in [-0.25, -0.2) is 9.59 Å². The van der Waals surface area contributed by atoms with Gasteiger partial charge >= 0.3 is 24.5 Å². The Bertz CT molecular complexity index is 3820. The number of fused-ring (bicyclic) bond motifs is 4. The molecule has 2 saturated heterocycles. The van der Waals surface area contributed by atoms with Crippen molar-refractivity contribution >= 4 is 190 Å². The minimum Gasteiger partial charge on any atom is -0.410 e. The second-order valence-corrected chi connectivity index (χ2v) is 32.4. The molecule has 14 nitrogen and oxygen atoms in total. The van der Waals surface area contributed by atoms with Crippen LogP contribution < -0.4 is 9.47 Å².